The lowest BCUT2D eigenvalue weighted by atomic mass is 9.89. The lowest BCUT2D eigenvalue weighted by Crippen LogP contribution is -2.42. The van der Waals surface area contributed by atoms with Crippen LogP contribution in [0.5, 0.6) is 0 Å². The lowest BCUT2D eigenvalue weighted by Gasteiger charge is -2.31. The lowest BCUT2D eigenvalue weighted by molar-refractivity contribution is -0.0456. The Balaban J connectivity index is 1.47. The molecule has 9 nitrogen and oxygen atoms in total. The summed E-state index contributed by atoms with van der Waals surface area (Å²) in [6.45, 7) is 4.75. The van der Waals surface area contributed by atoms with E-state index >= 15 is 0 Å². The van der Waals surface area contributed by atoms with Crippen molar-refractivity contribution in [2.75, 3.05) is 25.4 Å². The fraction of sp³-hybridized carbons (Fsp3) is 0.750. The Morgan fingerprint density at radius 2 is 1.93 bits per heavy atom. The maximum atomic E-state index is 10.7. The minimum absolute atomic E-state index is 0.278. The Labute approximate surface area is 170 Å². The Kier molecular flexibility index (Phi) is 6.29. The summed E-state index contributed by atoms with van der Waals surface area (Å²) in [6, 6.07) is 0. The Morgan fingerprint density at radius 1 is 1.14 bits per heavy atom. The summed E-state index contributed by atoms with van der Waals surface area (Å²) < 4.78 is 7.76. The quantitative estimate of drug-likeness (QED) is 0.631. The molecule has 1 saturated carbocycles. The maximum Gasteiger partial charge on any atom is 0.167 e. The van der Waals surface area contributed by atoms with Crippen LogP contribution >= 0.6 is 0 Å². The van der Waals surface area contributed by atoms with Crippen LogP contribution in [0.2, 0.25) is 0 Å². The van der Waals surface area contributed by atoms with Crippen LogP contribution in [-0.4, -0.2) is 72.6 Å². The van der Waals surface area contributed by atoms with E-state index in [4.69, 9.17) is 10.5 Å². The molecular formula is C20H32N6O3. The number of ether oxygens (including phenoxy) is 1. The molecule has 2 aliphatic rings. The van der Waals surface area contributed by atoms with Crippen LogP contribution in [0.25, 0.3) is 11.2 Å². The highest BCUT2D eigenvalue weighted by molar-refractivity contribution is 5.81. The van der Waals surface area contributed by atoms with Gasteiger partial charge in [0.2, 0.25) is 0 Å². The Hall–Kier alpha value is -1.81. The fourth-order valence-corrected chi connectivity index (χ4v) is 4.73. The number of imidazole rings is 1. The molecule has 29 heavy (non-hydrogen) atoms. The Morgan fingerprint density at radius 3 is 2.69 bits per heavy atom. The zero-order chi connectivity index (χ0) is 20.4. The molecule has 1 aliphatic carbocycles. The van der Waals surface area contributed by atoms with Gasteiger partial charge in [-0.25, -0.2) is 15.0 Å². The summed E-state index contributed by atoms with van der Waals surface area (Å²) in [5, 5.41) is 21.4. The van der Waals surface area contributed by atoms with Gasteiger partial charge < -0.3 is 25.6 Å². The molecule has 0 aromatic carbocycles. The molecule has 0 spiro atoms. The average molecular weight is 405 g/mol. The van der Waals surface area contributed by atoms with Crippen LogP contribution in [0.15, 0.2) is 12.7 Å². The first-order valence-corrected chi connectivity index (χ1v) is 10.8. The average Bonchev–Trinajstić information content (AvgIpc) is 3.26. The van der Waals surface area contributed by atoms with Gasteiger partial charge in [-0.05, 0) is 31.7 Å². The summed E-state index contributed by atoms with van der Waals surface area (Å²) in [4.78, 5) is 14.8. The third-order valence-electron chi connectivity index (χ3n) is 6.22. The number of anilines is 1. The molecule has 4 rings (SSSR count). The number of nitrogens with two attached hydrogens (primary N) is 1. The van der Waals surface area contributed by atoms with Gasteiger partial charge in [0.05, 0.1) is 6.33 Å². The van der Waals surface area contributed by atoms with Crippen molar-refractivity contribution in [2.45, 2.75) is 70.0 Å². The molecule has 0 unspecified atom stereocenters. The van der Waals surface area contributed by atoms with E-state index in [9.17, 15) is 10.2 Å². The van der Waals surface area contributed by atoms with E-state index in [0.29, 0.717) is 23.6 Å². The van der Waals surface area contributed by atoms with Crippen molar-refractivity contribution in [1.82, 2.24) is 24.4 Å². The van der Waals surface area contributed by atoms with Gasteiger partial charge >= 0.3 is 0 Å². The van der Waals surface area contributed by atoms with Crippen LogP contribution < -0.4 is 5.73 Å². The van der Waals surface area contributed by atoms with E-state index in [1.54, 1.807) is 4.57 Å². The van der Waals surface area contributed by atoms with Gasteiger partial charge in [0.15, 0.2) is 17.7 Å². The second-order valence-corrected chi connectivity index (χ2v) is 8.39. The van der Waals surface area contributed by atoms with E-state index in [1.807, 2.05) is 0 Å². The van der Waals surface area contributed by atoms with E-state index < -0.39 is 24.5 Å². The number of fused-ring (bicyclic) bond motifs is 1. The second-order valence-electron chi connectivity index (χ2n) is 8.39. The topological polar surface area (TPSA) is 123 Å². The van der Waals surface area contributed by atoms with Gasteiger partial charge in [-0.2, -0.15) is 0 Å². The second kappa shape index (κ2) is 8.91. The van der Waals surface area contributed by atoms with E-state index in [2.05, 4.69) is 26.8 Å². The van der Waals surface area contributed by atoms with Gasteiger partial charge in [-0.15, -0.1) is 0 Å². The van der Waals surface area contributed by atoms with Crippen molar-refractivity contribution < 1.29 is 14.9 Å². The molecule has 0 radical (unpaired) electrons. The van der Waals surface area contributed by atoms with Crippen LogP contribution in [0.1, 0.15) is 51.7 Å². The molecule has 0 amide bonds. The van der Waals surface area contributed by atoms with Gasteiger partial charge in [0, 0.05) is 13.1 Å². The minimum atomic E-state index is -1.06. The van der Waals surface area contributed by atoms with Crippen LogP contribution in [0.3, 0.4) is 0 Å². The van der Waals surface area contributed by atoms with Crippen LogP contribution in [-0.2, 0) is 4.74 Å². The highest BCUT2D eigenvalue weighted by Gasteiger charge is 2.45. The first-order chi connectivity index (χ1) is 14.1. The van der Waals surface area contributed by atoms with Crippen molar-refractivity contribution in [3.05, 3.63) is 12.7 Å². The third-order valence-corrected chi connectivity index (χ3v) is 6.22. The van der Waals surface area contributed by atoms with E-state index in [0.717, 1.165) is 19.5 Å². The number of aliphatic hydroxyl groups excluding tert-OH is 2. The van der Waals surface area contributed by atoms with Gasteiger partial charge in [0.25, 0.3) is 0 Å². The molecule has 1 aliphatic heterocycles. The van der Waals surface area contributed by atoms with Gasteiger partial charge in [-0.3, -0.25) is 4.57 Å². The highest BCUT2D eigenvalue weighted by Crippen LogP contribution is 2.33. The highest BCUT2D eigenvalue weighted by atomic mass is 16.6. The van der Waals surface area contributed by atoms with Crippen molar-refractivity contribution in [1.29, 1.82) is 0 Å². The third kappa shape index (κ3) is 4.23. The first-order valence-electron chi connectivity index (χ1n) is 10.8. The molecule has 0 bridgehead atoms. The predicted molar refractivity (Wildman–Crippen MR) is 109 cm³/mol. The standard InChI is InChI=1S/C20H32N6O3/c1-2-8-25(9-13-6-4-3-5-7-13)10-14-16(27)17(28)20(29-14)26-12-24-15-18(21)22-11-23-19(15)26/h11-14,16-17,20,27-28H,2-10H2,1H3,(H2,21,22,23)/t14-,16-,17-,20-/m1/s1. The smallest absolute Gasteiger partial charge is 0.167 e. The predicted octanol–water partition coefficient (Wildman–Crippen LogP) is 1.32. The number of aliphatic hydroxyl groups is 2. The monoisotopic (exact) mass is 404 g/mol. The molecule has 160 valence electrons. The molecular weight excluding hydrogens is 372 g/mol. The first kappa shape index (κ1) is 20.5. The molecule has 4 atom stereocenters. The van der Waals surface area contributed by atoms with Gasteiger partial charge in [0.1, 0.15) is 30.2 Å². The number of hydrogen-bond donors (Lipinski definition) is 3. The zero-order valence-electron chi connectivity index (χ0n) is 17.0. The summed E-state index contributed by atoms with van der Waals surface area (Å²) in [7, 11) is 0. The molecule has 2 fully saturated rings. The van der Waals surface area contributed by atoms with Crippen molar-refractivity contribution in [3.63, 3.8) is 0 Å². The van der Waals surface area contributed by atoms with Crippen LogP contribution in [0.4, 0.5) is 5.82 Å². The number of hydrogen-bond acceptors (Lipinski definition) is 8. The van der Waals surface area contributed by atoms with Crippen molar-refractivity contribution in [2.24, 2.45) is 5.92 Å². The van der Waals surface area contributed by atoms with Crippen LogP contribution in [0, 0.1) is 5.92 Å². The van der Waals surface area contributed by atoms with Gasteiger partial charge in [-0.1, -0.05) is 26.2 Å². The molecule has 2 aromatic heterocycles. The molecule has 4 N–H and O–H groups in total. The maximum absolute atomic E-state index is 10.7. The molecule has 9 heteroatoms. The summed E-state index contributed by atoms with van der Waals surface area (Å²) in [5.41, 5.74) is 6.81. The number of rotatable bonds is 7. The number of nitrogen functional groups attached to an aromatic ring is 1. The minimum Gasteiger partial charge on any atom is -0.387 e. The number of aromatic nitrogens is 4. The molecule has 3 heterocycles. The zero-order valence-corrected chi connectivity index (χ0v) is 17.0. The summed E-state index contributed by atoms with van der Waals surface area (Å²) in [5.74, 6) is 0.992. The fourth-order valence-electron chi connectivity index (χ4n) is 4.73. The Bertz CT molecular complexity index is 809. The van der Waals surface area contributed by atoms with E-state index in [1.165, 1.54) is 44.8 Å². The number of nitrogens with zero attached hydrogens (tertiary/aromatic N) is 5. The normalized spacial score (nSPS) is 28.6. The van der Waals surface area contributed by atoms with E-state index in [-0.39, 0.29) is 5.82 Å². The molecule has 2 aromatic rings. The summed E-state index contributed by atoms with van der Waals surface area (Å²) in [6.07, 6.45) is 7.20. The SMILES string of the molecule is CCCN(CC1CCCCC1)C[C@H]1O[C@@H](n2cnc3c(N)ncnc32)[C@H](O)[C@@H]1O. The summed E-state index contributed by atoms with van der Waals surface area (Å²) >= 11 is 0. The largest absolute Gasteiger partial charge is 0.387 e. The van der Waals surface area contributed by atoms with Crippen molar-refractivity contribution in [3.8, 4) is 0 Å². The molecule has 1 saturated heterocycles. The van der Waals surface area contributed by atoms with Crippen molar-refractivity contribution >= 4 is 17.0 Å².